The van der Waals surface area contributed by atoms with Crippen molar-refractivity contribution in [3.63, 3.8) is 0 Å². The molecule has 6 heteroatoms. The van der Waals surface area contributed by atoms with Gasteiger partial charge in [0.1, 0.15) is 0 Å². The van der Waals surface area contributed by atoms with Crippen molar-refractivity contribution in [2.75, 3.05) is 40.5 Å². The van der Waals surface area contributed by atoms with Gasteiger partial charge in [-0.05, 0) is 13.8 Å². The van der Waals surface area contributed by atoms with Crippen LogP contribution in [0, 0.1) is 0 Å². The van der Waals surface area contributed by atoms with Gasteiger partial charge in [0.05, 0.1) is 20.1 Å². The van der Waals surface area contributed by atoms with Crippen LogP contribution in [-0.2, 0) is 19.1 Å². The van der Waals surface area contributed by atoms with E-state index in [2.05, 4.69) is 10.1 Å². The summed E-state index contributed by atoms with van der Waals surface area (Å²) >= 11 is 0. The number of methoxy groups -OCH3 is 2. The third kappa shape index (κ3) is 10.5. The summed E-state index contributed by atoms with van der Waals surface area (Å²) in [4.78, 5) is 24.7. The molecule has 0 aromatic rings. The van der Waals surface area contributed by atoms with Gasteiger partial charge in [-0.3, -0.25) is 14.5 Å². The molecule has 0 unspecified atom stereocenters. The Balaban J connectivity index is 4.04. The molecule has 0 atom stereocenters. The zero-order chi connectivity index (χ0) is 14.7. The minimum Gasteiger partial charge on any atom is -0.469 e. The zero-order valence-corrected chi connectivity index (χ0v) is 12.4. The van der Waals surface area contributed by atoms with E-state index in [4.69, 9.17) is 4.74 Å². The molecule has 0 aliphatic heterocycles. The van der Waals surface area contributed by atoms with E-state index >= 15 is 0 Å². The van der Waals surface area contributed by atoms with E-state index in [1.165, 1.54) is 7.11 Å². The normalized spacial score (nSPS) is 10.8. The lowest BCUT2D eigenvalue weighted by Crippen LogP contribution is -2.36. The van der Waals surface area contributed by atoms with E-state index in [0.29, 0.717) is 39.1 Å². The summed E-state index contributed by atoms with van der Waals surface area (Å²) in [5.74, 6) is -0.218. The van der Waals surface area contributed by atoms with E-state index in [-0.39, 0.29) is 17.9 Å². The van der Waals surface area contributed by atoms with Crippen LogP contribution in [0.2, 0.25) is 0 Å². The molecule has 6 nitrogen and oxygen atoms in total. The number of carbonyl (C=O) groups is 2. The molecule has 19 heavy (non-hydrogen) atoms. The first kappa shape index (κ1) is 17.9. The molecule has 0 aromatic heterocycles. The van der Waals surface area contributed by atoms with Crippen LogP contribution in [0.3, 0.4) is 0 Å². The number of nitrogens with zero attached hydrogens (tertiary/aromatic N) is 1. The van der Waals surface area contributed by atoms with Crippen molar-refractivity contribution >= 4 is 11.9 Å². The molecule has 0 radical (unpaired) electrons. The highest BCUT2D eigenvalue weighted by atomic mass is 16.5. The largest absolute Gasteiger partial charge is 0.469 e. The van der Waals surface area contributed by atoms with Crippen molar-refractivity contribution in [3.05, 3.63) is 0 Å². The summed E-state index contributed by atoms with van der Waals surface area (Å²) in [6.07, 6.45) is 0.745. The molecule has 0 aromatic carbocycles. The summed E-state index contributed by atoms with van der Waals surface area (Å²) in [7, 11) is 3.00. The molecule has 0 spiro atoms. The maximum atomic E-state index is 11.6. The monoisotopic (exact) mass is 274 g/mol. The van der Waals surface area contributed by atoms with Gasteiger partial charge in [0.15, 0.2) is 0 Å². The first-order valence-corrected chi connectivity index (χ1v) is 6.57. The Morgan fingerprint density at radius 1 is 1.11 bits per heavy atom. The predicted molar refractivity (Wildman–Crippen MR) is 72.8 cm³/mol. The van der Waals surface area contributed by atoms with Crippen molar-refractivity contribution in [1.82, 2.24) is 10.2 Å². The molecule has 0 aliphatic rings. The number of amides is 1. The van der Waals surface area contributed by atoms with Crippen LogP contribution in [0.1, 0.15) is 26.7 Å². The third-order valence-corrected chi connectivity index (χ3v) is 2.58. The smallest absolute Gasteiger partial charge is 0.306 e. The zero-order valence-electron chi connectivity index (χ0n) is 12.4. The van der Waals surface area contributed by atoms with Crippen molar-refractivity contribution < 1.29 is 19.1 Å². The average molecular weight is 274 g/mol. The molecule has 112 valence electrons. The minimum absolute atomic E-state index is 0.0236. The highest BCUT2D eigenvalue weighted by Gasteiger charge is 2.11. The maximum Gasteiger partial charge on any atom is 0.306 e. The molecule has 0 aliphatic carbocycles. The molecular weight excluding hydrogens is 248 g/mol. The van der Waals surface area contributed by atoms with Crippen LogP contribution in [0.4, 0.5) is 0 Å². The van der Waals surface area contributed by atoms with Gasteiger partial charge in [-0.15, -0.1) is 0 Å². The Kier molecular flexibility index (Phi) is 10.1. The molecule has 0 rings (SSSR count). The Morgan fingerprint density at radius 2 is 1.74 bits per heavy atom. The molecule has 1 N–H and O–H groups in total. The average Bonchev–Trinajstić information content (AvgIpc) is 2.36. The van der Waals surface area contributed by atoms with E-state index in [9.17, 15) is 9.59 Å². The second kappa shape index (κ2) is 10.8. The van der Waals surface area contributed by atoms with Gasteiger partial charge < -0.3 is 14.8 Å². The fraction of sp³-hybridized carbons (Fsp3) is 0.846. The molecule has 0 fully saturated rings. The van der Waals surface area contributed by atoms with Crippen LogP contribution in [0.5, 0.6) is 0 Å². The van der Waals surface area contributed by atoms with Crippen molar-refractivity contribution in [1.29, 1.82) is 0 Å². The van der Waals surface area contributed by atoms with Crippen LogP contribution >= 0.6 is 0 Å². The van der Waals surface area contributed by atoms with Gasteiger partial charge in [0, 0.05) is 39.2 Å². The first-order valence-electron chi connectivity index (χ1n) is 6.57. The Hall–Kier alpha value is -1.14. The van der Waals surface area contributed by atoms with Crippen molar-refractivity contribution in [3.8, 4) is 0 Å². The van der Waals surface area contributed by atoms with Crippen molar-refractivity contribution in [2.24, 2.45) is 0 Å². The van der Waals surface area contributed by atoms with Gasteiger partial charge in [-0.2, -0.15) is 0 Å². The van der Waals surface area contributed by atoms with Gasteiger partial charge in [-0.25, -0.2) is 0 Å². The summed E-state index contributed by atoms with van der Waals surface area (Å²) in [5, 5.41) is 2.84. The highest BCUT2D eigenvalue weighted by molar-refractivity contribution is 5.76. The summed E-state index contributed by atoms with van der Waals surface area (Å²) in [5.41, 5.74) is 0. The standard InChI is InChI=1S/C13H26N2O4/c1-11(2)14-12(16)5-7-15(9-10-18-3)8-6-13(17)19-4/h11H,5-10H2,1-4H3,(H,14,16). The number of carbonyl (C=O) groups excluding carboxylic acids is 2. The van der Waals surface area contributed by atoms with Gasteiger partial charge in [0.2, 0.25) is 5.91 Å². The number of hydrogen-bond donors (Lipinski definition) is 1. The number of rotatable bonds is 10. The third-order valence-electron chi connectivity index (χ3n) is 2.58. The second-order valence-electron chi connectivity index (χ2n) is 4.63. The first-order chi connectivity index (χ1) is 8.99. The Morgan fingerprint density at radius 3 is 2.26 bits per heavy atom. The lowest BCUT2D eigenvalue weighted by Gasteiger charge is -2.21. The molecule has 0 saturated heterocycles. The van der Waals surface area contributed by atoms with E-state index in [1.54, 1.807) is 7.11 Å². The SMILES string of the molecule is COCCN(CCC(=O)NC(C)C)CCC(=O)OC. The van der Waals surface area contributed by atoms with Gasteiger partial charge >= 0.3 is 5.97 Å². The topological polar surface area (TPSA) is 67.9 Å². The predicted octanol–water partition coefficient (Wildman–Crippen LogP) is 0.413. The van der Waals surface area contributed by atoms with Gasteiger partial charge in [0.25, 0.3) is 0 Å². The Labute approximate surface area is 115 Å². The van der Waals surface area contributed by atoms with Crippen LogP contribution in [-0.4, -0.2) is 63.3 Å². The Bertz CT molecular complexity index is 269. The van der Waals surface area contributed by atoms with Crippen molar-refractivity contribution in [2.45, 2.75) is 32.7 Å². The lowest BCUT2D eigenvalue weighted by atomic mass is 10.3. The number of hydrogen-bond acceptors (Lipinski definition) is 5. The highest BCUT2D eigenvalue weighted by Crippen LogP contribution is 1.97. The fourth-order valence-electron chi connectivity index (χ4n) is 1.56. The minimum atomic E-state index is -0.242. The number of nitrogens with one attached hydrogen (secondary N) is 1. The summed E-state index contributed by atoms with van der Waals surface area (Å²) in [6, 6.07) is 0.148. The molecular formula is C13H26N2O4. The second-order valence-corrected chi connectivity index (χ2v) is 4.63. The van der Waals surface area contributed by atoms with E-state index in [0.717, 1.165) is 0 Å². The fourth-order valence-corrected chi connectivity index (χ4v) is 1.56. The summed E-state index contributed by atoms with van der Waals surface area (Å²) < 4.78 is 9.63. The molecule has 0 bridgehead atoms. The van der Waals surface area contributed by atoms with Crippen LogP contribution in [0.25, 0.3) is 0 Å². The van der Waals surface area contributed by atoms with E-state index in [1.807, 2.05) is 18.7 Å². The number of esters is 1. The lowest BCUT2D eigenvalue weighted by molar-refractivity contribution is -0.141. The number of ether oxygens (including phenoxy) is 2. The van der Waals surface area contributed by atoms with Gasteiger partial charge in [-0.1, -0.05) is 0 Å². The molecule has 0 saturated carbocycles. The van der Waals surface area contributed by atoms with Crippen LogP contribution < -0.4 is 5.32 Å². The molecule has 1 amide bonds. The summed E-state index contributed by atoms with van der Waals surface area (Å²) in [6.45, 7) is 6.31. The van der Waals surface area contributed by atoms with E-state index < -0.39 is 0 Å². The molecule has 0 heterocycles. The quantitative estimate of drug-likeness (QED) is 0.585. The van der Waals surface area contributed by atoms with Crippen LogP contribution in [0.15, 0.2) is 0 Å². The maximum absolute atomic E-state index is 11.6.